The van der Waals surface area contributed by atoms with Gasteiger partial charge in [0, 0.05) is 18.1 Å². The SMILES string of the molecule is CC(C)Oc1ccc(S(=O)(=O)N2CCC(Oc3cccc4cccnc34)C2)cc1. The molecule has 0 radical (unpaired) electrons. The van der Waals surface area contributed by atoms with Crippen LogP contribution in [0.1, 0.15) is 20.3 Å². The fraction of sp³-hybridized carbons (Fsp3) is 0.318. The Kier molecular flexibility index (Phi) is 5.43. The number of hydrogen-bond donors (Lipinski definition) is 0. The van der Waals surface area contributed by atoms with Gasteiger partial charge in [0.1, 0.15) is 23.1 Å². The lowest BCUT2D eigenvalue weighted by Gasteiger charge is -2.18. The summed E-state index contributed by atoms with van der Waals surface area (Å²) >= 11 is 0. The van der Waals surface area contributed by atoms with Crippen molar-refractivity contribution in [1.82, 2.24) is 9.29 Å². The fourth-order valence-corrected chi connectivity index (χ4v) is 4.96. The van der Waals surface area contributed by atoms with Gasteiger partial charge in [-0.3, -0.25) is 4.98 Å². The third-order valence-electron chi connectivity index (χ3n) is 4.83. The number of sulfonamides is 1. The second-order valence-electron chi connectivity index (χ2n) is 7.36. The average molecular weight is 413 g/mol. The lowest BCUT2D eigenvalue weighted by atomic mass is 10.2. The number of hydrogen-bond acceptors (Lipinski definition) is 5. The van der Waals surface area contributed by atoms with Crippen molar-refractivity contribution in [1.29, 1.82) is 0 Å². The van der Waals surface area contributed by atoms with E-state index in [9.17, 15) is 8.42 Å². The minimum Gasteiger partial charge on any atom is -0.491 e. The molecule has 0 saturated carbocycles. The van der Waals surface area contributed by atoms with Crippen molar-refractivity contribution in [3.05, 3.63) is 60.8 Å². The van der Waals surface area contributed by atoms with E-state index >= 15 is 0 Å². The van der Waals surface area contributed by atoms with Crippen molar-refractivity contribution in [2.75, 3.05) is 13.1 Å². The standard InChI is InChI=1S/C22H24N2O4S/c1-16(2)27-18-8-10-20(11-9-18)29(25,26)24-14-12-19(15-24)28-21-7-3-5-17-6-4-13-23-22(17)21/h3-11,13,16,19H,12,14-15H2,1-2H3. The van der Waals surface area contributed by atoms with Crippen LogP contribution in [0.5, 0.6) is 11.5 Å². The monoisotopic (exact) mass is 412 g/mol. The molecule has 1 unspecified atom stereocenters. The number of aromatic nitrogens is 1. The maximum Gasteiger partial charge on any atom is 0.243 e. The minimum atomic E-state index is -3.57. The van der Waals surface area contributed by atoms with Crippen molar-refractivity contribution >= 4 is 20.9 Å². The molecule has 0 N–H and O–H groups in total. The first-order valence-corrected chi connectivity index (χ1v) is 11.1. The van der Waals surface area contributed by atoms with E-state index in [1.807, 2.05) is 44.2 Å². The molecule has 3 aromatic rings. The van der Waals surface area contributed by atoms with Crippen LogP contribution in [0.15, 0.2) is 65.7 Å². The van der Waals surface area contributed by atoms with E-state index < -0.39 is 10.0 Å². The zero-order valence-corrected chi connectivity index (χ0v) is 17.3. The van der Waals surface area contributed by atoms with Crippen molar-refractivity contribution in [3.63, 3.8) is 0 Å². The molecule has 1 aromatic heterocycles. The van der Waals surface area contributed by atoms with Gasteiger partial charge in [-0.25, -0.2) is 8.42 Å². The van der Waals surface area contributed by atoms with Crippen LogP contribution in [0.4, 0.5) is 0 Å². The Balaban J connectivity index is 1.47. The summed E-state index contributed by atoms with van der Waals surface area (Å²) in [5.74, 6) is 1.34. The van der Waals surface area contributed by atoms with Crippen LogP contribution < -0.4 is 9.47 Å². The zero-order valence-electron chi connectivity index (χ0n) is 16.5. The lowest BCUT2D eigenvalue weighted by molar-refractivity contribution is 0.218. The first-order valence-electron chi connectivity index (χ1n) is 9.71. The van der Waals surface area contributed by atoms with Crippen LogP contribution in [-0.4, -0.2) is 43.0 Å². The van der Waals surface area contributed by atoms with Crippen LogP contribution in [0.2, 0.25) is 0 Å². The normalized spacial score (nSPS) is 17.7. The highest BCUT2D eigenvalue weighted by Crippen LogP contribution is 2.28. The van der Waals surface area contributed by atoms with E-state index in [1.165, 1.54) is 4.31 Å². The third kappa shape index (κ3) is 4.21. The molecule has 0 spiro atoms. The molecule has 0 bridgehead atoms. The van der Waals surface area contributed by atoms with Crippen LogP contribution in [-0.2, 0) is 10.0 Å². The molecule has 0 amide bonds. The van der Waals surface area contributed by atoms with Gasteiger partial charge in [0.05, 0.1) is 17.5 Å². The number of benzene rings is 2. The molecular weight excluding hydrogens is 388 g/mol. The molecule has 1 saturated heterocycles. The van der Waals surface area contributed by atoms with Crippen LogP contribution >= 0.6 is 0 Å². The average Bonchev–Trinajstić information content (AvgIpc) is 3.18. The predicted octanol–water partition coefficient (Wildman–Crippen LogP) is 3.86. The summed E-state index contributed by atoms with van der Waals surface area (Å²) in [6, 6.07) is 16.2. The van der Waals surface area contributed by atoms with E-state index in [2.05, 4.69) is 4.98 Å². The molecule has 0 aliphatic carbocycles. The highest BCUT2D eigenvalue weighted by atomic mass is 32.2. The van der Waals surface area contributed by atoms with Gasteiger partial charge in [-0.2, -0.15) is 4.31 Å². The summed E-state index contributed by atoms with van der Waals surface area (Å²) in [5, 5.41) is 0.996. The predicted molar refractivity (Wildman–Crippen MR) is 112 cm³/mol. The van der Waals surface area contributed by atoms with Crippen LogP contribution in [0.25, 0.3) is 10.9 Å². The Hall–Kier alpha value is -2.64. The molecule has 2 aromatic carbocycles. The summed E-state index contributed by atoms with van der Waals surface area (Å²) in [4.78, 5) is 4.66. The lowest BCUT2D eigenvalue weighted by Crippen LogP contribution is -2.31. The summed E-state index contributed by atoms with van der Waals surface area (Å²) < 4.78 is 39.2. The van der Waals surface area contributed by atoms with Gasteiger partial charge in [0.15, 0.2) is 0 Å². The number of para-hydroxylation sites is 1. The van der Waals surface area contributed by atoms with Crippen molar-refractivity contribution < 1.29 is 17.9 Å². The van der Waals surface area contributed by atoms with Gasteiger partial charge in [-0.1, -0.05) is 18.2 Å². The second kappa shape index (κ2) is 8.00. The highest BCUT2D eigenvalue weighted by molar-refractivity contribution is 7.89. The highest BCUT2D eigenvalue weighted by Gasteiger charge is 2.34. The topological polar surface area (TPSA) is 68.7 Å². The molecule has 1 aliphatic rings. The first-order chi connectivity index (χ1) is 13.9. The number of rotatable bonds is 6. The Morgan fingerprint density at radius 1 is 1.07 bits per heavy atom. The maximum absolute atomic E-state index is 13.0. The van der Waals surface area contributed by atoms with Crippen LogP contribution in [0, 0.1) is 0 Å². The van der Waals surface area contributed by atoms with Gasteiger partial charge < -0.3 is 9.47 Å². The molecule has 29 heavy (non-hydrogen) atoms. The van der Waals surface area contributed by atoms with E-state index in [0.29, 0.717) is 31.0 Å². The summed E-state index contributed by atoms with van der Waals surface area (Å²) in [6.45, 7) is 4.60. The molecule has 7 heteroatoms. The number of ether oxygens (including phenoxy) is 2. The van der Waals surface area contributed by atoms with E-state index in [1.54, 1.807) is 30.5 Å². The van der Waals surface area contributed by atoms with Crippen molar-refractivity contribution in [2.45, 2.75) is 37.4 Å². The Morgan fingerprint density at radius 3 is 2.59 bits per heavy atom. The second-order valence-corrected chi connectivity index (χ2v) is 9.30. The molecule has 1 atom stereocenters. The van der Waals surface area contributed by atoms with Gasteiger partial charge in [-0.15, -0.1) is 0 Å². The quantitative estimate of drug-likeness (QED) is 0.615. The fourth-order valence-electron chi connectivity index (χ4n) is 3.47. The van der Waals surface area contributed by atoms with E-state index in [0.717, 1.165) is 10.9 Å². The third-order valence-corrected chi connectivity index (χ3v) is 6.71. The van der Waals surface area contributed by atoms with Crippen molar-refractivity contribution in [2.24, 2.45) is 0 Å². The molecule has 1 fully saturated rings. The van der Waals surface area contributed by atoms with E-state index in [-0.39, 0.29) is 17.1 Å². The zero-order chi connectivity index (χ0) is 20.4. The molecule has 6 nitrogen and oxygen atoms in total. The molecule has 2 heterocycles. The van der Waals surface area contributed by atoms with Gasteiger partial charge >= 0.3 is 0 Å². The summed E-state index contributed by atoms with van der Waals surface area (Å²) in [5.41, 5.74) is 0.789. The molecule has 1 aliphatic heterocycles. The molecule has 152 valence electrons. The minimum absolute atomic E-state index is 0.0394. The Labute approximate surface area is 171 Å². The number of nitrogens with zero attached hydrogens (tertiary/aromatic N) is 2. The molecule has 4 rings (SSSR count). The number of fused-ring (bicyclic) bond motifs is 1. The molecular formula is C22H24N2O4S. The van der Waals surface area contributed by atoms with Crippen LogP contribution in [0.3, 0.4) is 0 Å². The number of pyridine rings is 1. The van der Waals surface area contributed by atoms with Gasteiger partial charge in [0.25, 0.3) is 0 Å². The largest absolute Gasteiger partial charge is 0.491 e. The van der Waals surface area contributed by atoms with Gasteiger partial charge in [-0.05, 0) is 56.7 Å². The van der Waals surface area contributed by atoms with E-state index in [4.69, 9.17) is 9.47 Å². The van der Waals surface area contributed by atoms with Gasteiger partial charge in [0.2, 0.25) is 10.0 Å². The van der Waals surface area contributed by atoms with Crippen molar-refractivity contribution in [3.8, 4) is 11.5 Å². The first kappa shape index (κ1) is 19.7. The smallest absolute Gasteiger partial charge is 0.243 e. The Bertz CT molecular complexity index is 1090. The Morgan fingerprint density at radius 2 is 1.83 bits per heavy atom. The summed E-state index contributed by atoms with van der Waals surface area (Å²) in [7, 11) is -3.57. The summed E-state index contributed by atoms with van der Waals surface area (Å²) in [6.07, 6.45) is 2.20. The maximum atomic E-state index is 13.0.